The molecule has 0 bridgehead atoms. The minimum atomic E-state index is 0.169. The first-order valence-electron chi connectivity index (χ1n) is 6.54. The van der Waals surface area contributed by atoms with Gasteiger partial charge in [-0.2, -0.15) is 0 Å². The van der Waals surface area contributed by atoms with E-state index in [1.54, 1.807) is 0 Å². The van der Waals surface area contributed by atoms with Crippen LogP contribution in [-0.4, -0.2) is 20.7 Å². The lowest BCUT2D eigenvalue weighted by molar-refractivity contribution is 0.569. The Morgan fingerprint density at radius 3 is 2.17 bits per heavy atom. The van der Waals surface area contributed by atoms with Crippen LogP contribution in [0.25, 0.3) is 11.3 Å². The van der Waals surface area contributed by atoms with E-state index in [2.05, 4.69) is 58.8 Å². The molecule has 0 amide bonds. The molecule has 0 aliphatic carbocycles. The average Bonchev–Trinajstić information content (AvgIpc) is 2.40. The quantitative estimate of drug-likeness (QED) is 0.739. The number of nitrogens with zero attached hydrogens (tertiary/aromatic N) is 1. The number of benzene rings is 1. The van der Waals surface area contributed by atoms with Crippen LogP contribution in [0.3, 0.4) is 0 Å². The molecule has 90 valence electrons. The van der Waals surface area contributed by atoms with Crippen molar-refractivity contribution in [3.8, 4) is 11.3 Å². The molecule has 0 aliphatic heterocycles. The van der Waals surface area contributed by atoms with Crippen LogP contribution in [0, 0.1) is 5.92 Å². The van der Waals surface area contributed by atoms with Crippen LogP contribution in [0.1, 0.15) is 19.4 Å². The summed E-state index contributed by atoms with van der Waals surface area (Å²) in [5, 5.41) is 0.169. The first-order valence-corrected chi connectivity index (χ1v) is 6.54. The Bertz CT molecular complexity index is 504. The van der Waals surface area contributed by atoms with Gasteiger partial charge in [0.2, 0.25) is 0 Å². The molecule has 0 aliphatic rings. The molecule has 1 nitrogen and oxygen atoms in total. The summed E-state index contributed by atoms with van der Waals surface area (Å²) >= 11 is 0. The number of hydrogen-bond acceptors (Lipinski definition) is 1. The first-order chi connectivity index (χ1) is 8.51. The van der Waals surface area contributed by atoms with Crippen molar-refractivity contribution in [3.63, 3.8) is 0 Å². The van der Waals surface area contributed by atoms with Crippen molar-refractivity contribution in [2.24, 2.45) is 5.92 Å². The Labute approximate surface area is 111 Å². The third-order valence-corrected chi connectivity index (χ3v) is 4.02. The number of aromatic nitrogens is 1. The van der Waals surface area contributed by atoms with Gasteiger partial charge in [-0.1, -0.05) is 61.4 Å². The van der Waals surface area contributed by atoms with E-state index >= 15 is 0 Å². The summed E-state index contributed by atoms with van der Waals surface area (Å²) in [6.45, 7) is 4.51. The predicted octanol–water partition coefficient (Wildman–Crippen LogP) is 1.82. The molecule has 0 N–H and O–H groups in total. The van der Waals surface area contributed by atoms with E-state index in [1.807, 2.05) is 24.4 Å². The average molecular weight is 235 g/mol. The molecular weight excluding hydrogens is 216 g/mol. The highest BCUT2D eigenvalue weighted by atomic mass is 14.7. The van der Waals surface area contributed by atoms with Crippen LogP contribution < -0.4 is 0 Å². The monoisotopic (exact) mass is 235 g/mol. The minimum Gasteiger partial charge on any atom is -0.256 e. The Morgan fingerprint density at radius 2 is 1.67 bits per heavy atom. The maximum atomic E-state index is 4.60. The van der Waals surface area contributed by atoms with Gasteiger partial charge in [0.1, 0.15) is 15.7 Å². The van der Waals surface area contributed by atoms with Gasteiger partial charge in [-0.05, 0) is 11.6 Å². The summed E-state index contributed by atoms with van der Waals surface area (Å²) in [4.78, 5) is 4.60. The fourth-order valence-corrected chi connectivity index (χ4v) is 1.89. The van der Waals surface area contributed by atoms with Gasteiger partial charge in [0.25, 0.3) is 0 Å². The topological polar surface area (TPSA) is 12.9 Å². The molecular formula is C15H19B2N. The van der Waals surface area contributed by atoms with E-state index in [0.29, 0.717) is 5.92 Å². The summed E-state index contributed by atoms with van der Waals surface area (Å²) < 4.78 is 0. The molecule has 0 saturated heterocycles. The zero-order chi connectivity index (χ0) is 13.2. The van der Waals surface area contributed by atoms with E-state index in [-0.39, 0.29) is 5.21 Å². The maximum absolute atomic E-state index is 4.60. The second kappa shape index (κ2) is 5.01. The van der Waals surface area contributed by atoms with Crippen LogP contribution in [-0.2, 0) is 5.21 Å². The minimum absolute atomic E-state index is 0.169. The molecule has 0 atom stereocenters. The highest BCUT2D eigenvalue weighted by Crippen LogP contribution is 2.26. The smallest absolute Gasteiger partial charge is 0.105 e. The van der Waals surface area contributed by atoms with Crippen molar-refractivity contribution >= 4 is 15.7 Å². The third kappa shape index (κ3) is 2.50. The summed E-state index contributed by atoms with van der Waals surface area (Å²) in [5.41, 5.74) is 3.52. The van der Waals surface area contributed by atoms with Crippen molar-refractivity contribution in [2.45, 2.75) is 19.1 Å². The zero-order valence-corrected chi connectivity index (χ0v) is 11.6. The number of hydrogen-bond donors (Lipinski definition) is 0. The molecule has 0 radical (unpaired) electrons. The lowest BCUT2D eigenvalue weighted by Gasteiger charge is -2.29. The Hall–Kier alpha value is -1.50. The number of pyridine rings is 1. The van der Waals surface area contributed by atoms with Crippen LogP contribution in [0.4, 0.5) is 0 Å². The van der Waals surface area contributed by atoms with Gasteiger partial charge in [0.05, 0.1) is 5.69 Å². The highest BCUT2D eigenvalue weighted by molar-refractivity contribution is 6.40. The summed E-state index contributed by atoms with van der Waals surface area (Å²) in [7, 11) is 4.55. The molecule has 2 aromatic rings. The molecule has 18 heavy (non-hydrogen) atoms. The van der Waals surface area contributed by atoms with Crippen molar-refractivity contribution in [2.75, 3.05) is 0 Å². The lowest BCUT2D eigenvalue weighted by atomic mass is 9.46. The standard InChI is InChI=1S/C15H19B2N/c1-11(2)15(16,17)13-8-9-14(18-10-13)12-6-4-3-5-7-12/h3-11H,16-17H2,1-2H3. The molecule has 0 fully saturated rings. The Kier molecular flexibility index (Phi) is 3.60. The summed E-state index contributed by atoms with van der Waals surface area (Å²) in [6.07, 6.45) is 2.02. The Balaban J connectivity index is 2.32. The van der Waals surface area contributed by atoms with Crippen molar-refractivity contribution in [3.05, 3.63) is 54.2 Å². The third-order valence-electron chi connectivity index (χ3n) is 4.02. The second-order valence-corrected chi connectivity index (χ2v) is 5.67. The SMILES string of the molecule is BC(B)(c1ccc(-c2ccccc2)nc1)C(C)C. The van der Waals surface area contributed by atoms with E-state index in [1.165, 1.54) is 11.1 Å². The van der Waals surface area contributed by atoms with Gasteiger partial charge in [0.15, 0.2) is 0 Å². The molecule has 3 heteroatoms. The fourth-order valence-electron chi connectivity index (χ4n) is 1.89. The normalized spacial score (nSPS) is 11.7. The van der Waals surface area contributed by atoms with E-state index in [4.69, 9.17) is 0 Å². The molecule has 1 aromatic heterocycles. The summed E-state index contributed by atoms with van der Waals surface area (Å²) in [5.74, 6) is 0.599. The van der Waals surface area contributed by atoms with Gasteiger partial charge in [-0.15, -0.1) is 0 Å². The van der Waals surface area contributed by atoms with Crippen LogP contribution in [0.5, 0.6) is 0 Å². The molecule has 1 aromatic carbocycles. The zero-order valence-electron chi connectivity index (χ0n) is 11.6. The van der Waals surface area contributed by atoms with E-state index in [0.717, 1.165) is 5.69 Å². The maximum Gasteiger partial charge on any atom is 0.105 e. The van der Waals surface area contributed by atoms with E-state index < -0.39 is 0 Å². The highest BCUT2D eigenvalue weighted by Gasteiger charge is 2.24. The first kappa shape index (κ1) is 12.9. The van der Waals surface area contributed by atoms with Crippen LogP contribution in [0.15, 0.2) is 48.7 Å². The van der Waals surface area contributed by atoms with Gasteiger partial charge < -0.3 is 0 Å². The second-order valence-electron chi connectivity index (χ2n) is 5.67. The lowest BCUT2D eigenvalue weighted by Crippen LogP contribution is -2.33. The van der Waals surface area contributed by atoms with Crippen molar-refractivity contribution < 1.29 is 0 Å². The van der Waals surface area contributed by atoms with Gasteiger partial charge >= 0.3 is 0 Å². The molecule has 1 heterocycles. The Morgan fingerprint density at radius 1 is 1.00 bits per heavy atom. The molecule has 0 saturated carbocycles. The molecule has 0 unspecified atom stereocenters. The number of rotatable bonds is 3. The van der Waals surface area contributed by atoms with Gasteiger partial charge in [-0.3, -0.25) is 4.98 Å². The van der Waals surface area contributed by atoms with Crippen LogP contribution >= 0.6 is 0 Å². The largest absolute Gasteiger partial charge is 0.256 e. The molecule has 0 spiro atoms. The van der Waals surface area contributed by atoms with E-state index in [9.17, 15) is 0 Å². The van der Waals surface area contributed by atoms with Crippen molar-refractivity contribution in [1.82, 2.24) is 4.98 Å². The predicted molar refractivity (Wildman–Crippen MR) is 83.3 cm³/mol. The van der Waals surface area contributed by atoms with Gasteiger partial charge in [-0.25, -0.2) is 0 Å². The summed E-state index contributed by atoms with van der Waals surface area (Å²) in [6, 6.07) is 14.6. The van der Waals surface area contributed by atoms with Gasteiger partial charge in [0, 0.05) is 11.8 Å². The van der Waals surface area contributed by atoms with Crippen LogP contribution in [0.2, 0.25) is 0 Å². The van der Waals surface area contributed by atoms with Crippen molar-refractivity contribution in [1.29, 1.82) is 0 Å². The fraction of sp³-hybridized carbons (Fsp3) is 0.267. The molecule has 2 rings (SSSR count).